The van der Waals surface area contributed by atoms with Gasteiger partial charge >= 0.3 is 5.69 Å². The molecular weight excluding hydrogens is 452 g/mol. The molecule has 6 heteroatoms. The summed E-state index contributed by atoms with van der Waals surface area (Å²) < 4.78 is 0. The first-order valence-electron chi connectivity index (χ1n) is 13.2. The number of unbranched alkanes of at least 4 members (excludes halogenated alkanes) is 3. The lowest BCUT2D eigenvalue weighted by molar-refractivity contribution is -0.0648. The molecule has 3 aliphatic carbocycles. The third-order valence-electron chi connectivity index (χ3n) is 9.05. The van der Waals surface area contributed by atoms with Crippen LogP contribution in [0.4, 0.5) is 0 Å². The third-order valence-corrected chi connectivity index (χ3v) is 9.05. The van der Waals surface area contributed by atoms with E-state index in [1.807, 2.05) is 12.1 Å². The Morgan fingerprint density at radius 3 is 2.69 bits per heavy atom. The Balaban J connectivity index is 1.17. The van der Waals surface area contributed by atoms with Gasteiger partial charge in [-0.3, -0.25) is 9.78 Å². The standard InChI is InChI=1S/C30H34N2O4/c1-29-16-13-24-23-12-10-22(33)18-20(23)9-11-25(24)26(29)14-17-30(29,36)15-7-5-3-2-4-6-8-21-19-31-28(35)32-27(21)34/h10,12,18-19,24-26,33,36H,2-5,9,11,13-14,16-17H2,1H3,(H2,31,32,34,35)/t24-,25-,26+,29+,30+/m1/s1. The number of hydrogen-bond donors (Lipinski definition) is 4. The van der Waals surface area contributed by atoms with Crippen molar-refractivity contribution in [1.82, 2.24) is 9.97 Å². The van der Waals surface area contributed by atoms with Crippen molar-refractivity contribution in [1.29, 1.82) is 0 Å². The molecule has 2 saturated carbocycles. The predicted octanol–water partition coefficient (Wildman–Crippen LogP) is 3.97. The third kappa shape index (κ3) is 4.40. The Bertz CT molecular complexity index is 1380. The number of aromatic amines is 2. The molecule has 0 spiro atoms. The van der Waals surface area contributed by atoms with Crippen LogP contribution in [0.1, 0.15) is 87.3 Å². The van der Waals surface area contributed by atoms with Crippen molar-refractivity contribution in [2.75, 3.05) is 0 Å². The van der Waals surface area contributed by atoms with Crippen LogP contribution in [0, 0.1) is 40.9 Å². The highest BCUT2D eigenvalue weighted by molar-refractivity contribution is 5.41. The molecule has 2 aromatic rings. The summed E-state index contributed by atoms with van der Waals surface area (Å²) in [6.45, 7) is 2.26. The summed E-state index contributed by atoms with van der Waals surface area (Å²) in [5.74, 6) is 14.3. The maximum absolute atomic E-state index is 11.7. The highest BCUT2D eigenvalue weighted by Gasteiger charge is 2.61. The highest BCUT2D eigenvalue weighted by atomic mass is 16.3. The predicted molar refractivity (Wildman–Crippen MR) is 138 cm³/mol. The molecule has 1 aromatic carbocycles. The SMILES string of the molecule is C[C@]12CC[C@@H]3c4ccc(O)cc4CC[C@H]3[C@@H]1CC[C@@]2(O)C#CCCCCC#Cc1c[nH]c(=O)[nH]c1=O. The molecule has 1 aromatic heterocycles. The summed E-state index contributed by atoms with van der Waals surface area (Å²) in [4.78, 5) is 27.3. The average Bonchev–Trinajstić information content (AvgIpc) is 3.12. The minimum absolute atomic E-state index is 0.176. The molecule has 0 saturated heterocycles. The Labute approximate surface area is 211 Å². The minimum Gasteiger partial charge on any atom is -0.508 e. The molecule has 0 amide bonds. The van der Waals surface area contributed by atoms with E-state index in [0.717, 1.165) is 51.4 Å². The molecule has 0 radical (unpaired) electrons. The molecular formula is C30H34N2O4. The Morgan fingerprint density at radius 2 is 1.89 bits per heavy atom. The number of aryl methyl sites for hydroxylation is 1. The number of phenols is 1. The van der Waals surface area contributed by atoms with Crippen LogP contribution in [0.15, 0.2) is 34.0 Å². The number of hydrogen-bond acceptors (Lipinski definition) is 4. The number of aliphatic hydroxyl groups is 1. The van der Waals surface area contributed by atoms with Crippen molar-refractivity contribution in [3.8, 4) is 29.4 Å². The van der Waals surface area contributed by atoms with Crippen molar-refractivity contribution in [2.24, 2.45) is 17.3 Å². The normalized spacial score (nSPS) is 30.1. The number of rotatable bonds is 3. The van der Waals surface area contributed by atoms with E-state index in [1.54, 1.807) is 0 Å². The van der Waals surface area contributed by atoms with Gasteiger partial charge in [0.1, 0.15) is 16.9 Å². The molecule has 0 unspecified atom stereocenters. The van der Waals surface area contributed by atoms with Crippen LogP contribution in [0.5, 0.6) is 5.75 Å². The fourth-order valence-electron chi connectivity index (χ4n) is 7.09. The molecule has 6 nitrogen and oxygen atoms in total. The maximum atomic E-state index is 11.7. The lowest BCUT2D eigenvalue weighted by Crippen LogP contribution is -2.50. The highest BCUT2D eigenvalue weighted by Crippen LogP contribution is 2.64. The monoisotopic (exact) mass is 486 g/mol. The van der Waals surface area contributed by atoms with E-state index in [2.05, 4.69) is 46.6 Å². The molecule has 0 aliphatic heterocycles. The second kappa shape index (κ2) is 9.68. The van der Waals surface area contributed by atoms with Gasteiger partial charge in [-0.05, 0) is 92.4 Å². The van der Waals surface area contributed by atoms with E-state index in [0.29, 0.717) is 36.3 Å². The molecule has 5 atom stereocenters. The van der Waals surface area contributed by atoms with Gasteiger partial charge in [0.15, 0.2) is 0 Å². The van der Waals surface area contributed by atoms with E-state index < -0.39 is 16.9 Å². The van der Waals surface area contributed by atoms with Crippen LogP contribution >= 0.6 is 0 Å². The molecule has 5 rings (SSSR count). The van der Waals surface area contributed by atoms with Crippen LogP contribution in [-0.2, 0) is 6.42 Å². The number of nitrogens with one attached hydrogen (secondary N) is 2. The van der Waals surface area contributed by atoms with Crippen LogP contribution in [0.25, 0.3) is 0 Å². The second-order valence-electron chi connectivity index (χ2n) is 10.9. The zero-order valence-electron chi connectivity index (χ0n) is 20.8. The van der Waals surface area contributed by atoms with Crippen molar-refractivity contribution in [3.63, 3.8) is 0 Å². The van der Waals surface area contributed by atoms with Gasteiger partial charge in [0, 0.05) is 24.5 Å². The quantitative estimate of drug-likeness (QED) is 0.389. The van der Waals surface area contributed by atoms with Gasteiger partial charge in [-0.1, -0.05) is 30.8 Å². The van der Waals surface area contributed by atoms with E-state index in [4.69, 9.17) is 0 Å². The largest absolute Gasteiger partial charge is 0.508 e. The van der Waals surface area contributed by atoms with Crippen molar-refractivity contribution < 1.29 is 10.2 Å². The van der Waals surface area contributed by atoms with Crippen LogP contribution in [0.2, 0.25) is 0 Å². The molecule has 1 heterocycles. The number of H-pyrrole nitrogens is 2. The van der Waals surface area contributed by atoms with Gasteiger partial charge < -0.3 is 15.2 Å². The van der Waals surface area contributed by atoms with E-state index >= 15 is 0 Å². The van der Waals surface area contributed by atoms with Crippen LogP contribution in [0.3, 0.4) is 0 Å². The molecule has 0 bridgehead atoms. The van der Waals surface area contributed by atoms with E-state index in [1.165, 1.54) is 17.3 Å². The molecule has 3 aliphatic rings. The first-order valence-corrected chi connectivity index (χ1v) is 13.2. The van der Waals surface area contributed by atoms with Crippen LogP contribution in [-0.4, -0.2) is 25.8 Å². The first kappa shape index (κ1) is 24.5. The van der Waals surface area contributed by atoms with Gasteiger partial charge in [-0.2, -0.15) is 0 Å². The fourth-order valence-corrected chi connectivity index (χ4v) is 7.09. The number of aromatic nitrogens is 2. The number of phenolic OH excluding ortho intramolecular Hbond substituents is 1. The van der Waals surface area contributed by atoms with Gasteiger partial charge in [-0.15, -0.1) is 5.92 Å². The summed E-state index contributed by atoms with van der Waals surface area (Å²) >= 11 is 0. The molecule has 36 heavy (non-hydrogen) atoms. The molecule has 2 fully saturated rings. The van der Waals surface area contributed by atoms with Gasteiger partial charge in [0.05, 0.1) is 0 Å². The maximum Gasteiger partial charge on any atom is 0.325 e. The van der Waals surface area contributed by atoms with Crippen molar-refractivity contribution in [3.05, 3.63) is 61.9 Å². The fraction of sp³-hybridized carbons (Fsp3) is 0.533. The van der Waals surface area contributed by atoms with Crippen LogP contribution < -0.4 is 11.2 Å². The zero-order chi connectivity index (χ0) is 25.3. The smallest absolute Gasteiger partial charge is 0.325 e. The van der Waals surface area contributed by atoms with Crippen molar-refractivity contribution in [2.45, 2.75) is 82.7 Å². The number of benzene rings is 1. The van der Waals surface area contributed by atoms with E-state index in [9.17, 15) is 19.8 Å². The Kier molecular flexibility index (Phi) is 6.58. The topological polar surface area (TPSA) is 106 Å². The molecule has 188 valence electrons. The van der Waals surface area contributed by atoms with E-state index in [-0.39, 0.29) is 11.0 Å². The first-order chi connectivity index (χ1) is 17.3. The van der Waals surface area contributed by atoms with Gasteiger partial charge in [-0.25, -0.2) is 4.79 Å². The minimum atomic E-state index is -0.928. The summed E-state index contributed by atoms with van der Waals surface area (Å²) in [6.07, 6.45) is 10.4. The lowest BCUT2D eigenvalue weighted by Gasteiger charge is -2.52. The Morgan fingerprint density at radius 1 is 1.08 bits per heavy atom. The summed E-state index contributed by atoms with van der Waals surface area (Å²) in [5, 5.41) is 21.6. The summed E-state index contributed by atoms with van der Waals surface area (Å²) in [5.41, 5.74) is 0.846. The second-order valence-corrected chi connectivity index (χ2v) is 10.9. The number of fused-ring (bicyclic) bond motifs is 5. The van der Waals surface area contributed by atoms with Crippen molar-refractivity contribution >= 4 is 0 Å². The van der Waals surface area contributed by atoms with Gasteiger partial charge in [0.25, 0.3) is 5.56 Å². The molecule has 4 N–H and O–H groups in total. The summed E-state index contributed by atoms with van der Waals surface area (Å²) in [7, 11) is 0. The average molecular weight is 487 g/mol. The summed E-state index contributed by atoms with van der Waals surface area (Å²) in [6, 6.07) is 5.87. The Hall–Kier alpha value is -3.22. The zero-order valence-corrected chi connectivity index (χ0v) is 20.8. The number of aromatic hydroxyl groups is 1. The van der Waals surface area contributed by atoms with Gasteiger partial charge in [0.2, 0.25) is 0 Å². The lowest BCUT2D eigenvalue weighted by atomic mass is 9.53.